The van der Waals surface area contributed by atoms with Crippen LogP contribution in [0.5, 0.6) is 0 Å². The van der Waals surface area contributed by atoms with Gasteiger partial charge < -0.3 is 5.73 Å². The van der Waals surface area contributed by atoms with Gasteiger partial charge in [0.25, 0.3) is 0 Å². The highest BCUT2D eigenvalue weighted by molar-refractivity contribution is 6.15. The highest BCUT2D eigenvalue weighted by atomic mass is 16.1. The first kappa shape index (κ1) is 10.3. The van der Waals surface area contributed by atoms with Gasteiger partial charge in [0.1, 0.15) is 0 Å². The first-order valence-electron chi connectivity index (χ1n) is 6.22. The molecule has 0 saturated carbocycles. The van der Waals surface area contributed by atoms with E-state index in [1.165, 1.54) is 16.3 Å². The summed E-state index contributed by atoms with van der Waals surface area (Å²) in [6.45, 7) is 0. The molecule has 0 spiro atoms. The van der Waals surface area contributed by atoms with Crippen molar-refractivity contribution in [3.63, 3.8) is 0 Å². The molecule has 0 bridgehead atoms. The lowest BCUT2D eigenvalue weighted by Gasteiger charge is -2.00. The van der Waals surface area contributed by atoms with Crippen LogP contribution in [0.25, 0.3) is 33.0 Å². The average Bonchev–Trinajstić information content (AvgIpc) is 2.64. The van der Waals surface area contributed by atoms with Gasteiger partial charge in [0.2, 0.25) is 5.43 Å². The topological polar surface area (TPSA) is 43.1 Å². The Kier molecular flexibility index (Phi) is 1.88. The van der Waals surface area contributed by atoms with E-state index >= 15 is 0 Å². The van der Waals surface area contributed by atoms with Crippen LogP contribution in [0.1, 0.15) is 0 Å². The fourth-order valence-electron chi connectivity index (χ4n) is 2.88. The maximum atomic E-state index is 11.9. The van der Waals surface area contributed by atoms with E-state index in [0.717, 1.165) is 16.7 Å². The Labute approximate surface area is 110 Å². The van der Waals surface area contributed by atoms with E-state index in [2.05, 4.69) is 24.3 Å². The lowest BCUT2D eigenvalue weighted by molar-refractivity contribution is 1.64. The number of fused-ring (bicyclic) bond motifs is 3. The third kappa shape index (κ3) is 1.28. The molecule has 19 heavy (non-hydrogen) atoms. The molecule has 0 saturated heterocycles. The Bertz CT molecular complexity index is 892. The van der Waals surface area contributed by atoms with E-state index in [9.17, 15) is 4.79 Å². The van der Waals surface area contributed by atoms with Gasteiger partial charge in [-0.1, -0.05) is 42.5 Å². The van der Waals surface area contributed by atoms with Gasteiger partial charge in [-0.2, -0.15) is 0 Å². The second kappa shape index (κ2) is 3.45. The molecule has 0 fully saturated rings. The summed E-state index contributed by atoms with van der Waals surface area (Å²) in [4.78, 5) is 11.9. The molecule has 90 valence electrons. The first-order chi connectivity index (χ1) is 9.25. The number of hydrogen-bond acceptors (Lipinski definition) is 2. The quantitative estimate of drug-likeness (QED) is 0.515. The van der Waals surface area contributed by atoms with E-state index in [1.54, 1.807) is 12.1 Å². The molecule has 0 radical (unpaired) electrons. The van der Waals surface area contributed by atoms with Crippen molar-refractivity contribution in [3.05, 3.63) is 64.8 Å². The Balaban J connectivity index is 2.26. The highest BCUT2D eigenvalue weighted by Crippen LogP contribution is 2.46. The van der Waals surface area contributed by atoms with E-state index in [0.29, 0.717) is 5.69 Å². The standard InChI is InChI=1S/C17H11NO/c18-15-8-7-11-12-5-1-3-10-4-2-6-13(17(10)12)14(11)9-16(15)19/h1-9H,(H2,18,19). The normalized spacial score (nSPS) is 11.6. The van der Waals surface area contributed by atoms with Crippen LogP contribution < -0.4 is 11.2 Å². The van der Waals surface area contributed by atoms with E-state index in [-0.39, 0.29) is 5.43 Å². The van der Waals surface area contributed by atoms with Gasteiger partial charge in [-0.3, -0.25) is 4.79 Å². The minimum Gasteiger partial charge on any atom is -0.396 e. The van der Waals surface area contributed by atoms with Gasteiger partial charge >= 0.3 is 0 Å². The summed E-state index contributed by atoms with van der Waals surface area (Å²) < 4.78 is 0. The number of benzene rings is 2. The van der Waals surface area contributed by atoms with Crippen LogP contribution in [0.15, 0.2) is 59.4 Å². The van der Waals surface area contributed by atoms with Gasteiger partial charge in [-0.15, -0.1) is 0 Å². The summed E-state index contributed by atoms with van der Waals surface area (Å²) in [5.74, 6) is 0. The predicted octanol–water partition coefficient (Wildman–Crippen LogP) is 3.43. The first-order valence-corrected chi connectivity index (χ1v) is 6.22. The number of nitrogens with two attached hydrogens (primary N) is 1. The third-order valence-electron chi connectivity index (χ3n) is 3.76. The maximum Gasteiger partial charge on any atom is 0.202 e. The molecule has 1 aliphatic rings. The molecule has 2 heteroatoms. The zero-order chi connectivity index (χ0) is 13.0. The monoisotopic (exact) mass is 245 g/mol. The Morgan fingerprint density at radius 3 is 2.16 bits per heavy atom. The molecular formula is C17H11NO. The van der Waals surface area contributed by atoms with Crippen molar-refractivity contribution in [2.24, 2.45) is 0 Å². The molecule has 4 rings (SSSR count). The molecule has 0 atom stereocenters. The van der Waals surface area contributed by atoms with Crippen LogP contribution in [0.3, 0.4) is 0 Å². The van der Waals surface area contributed by atoms with Crippen LogP contribution in [-0.2, 0) is 0 Å². The molecule has 0 aliphatic heterocycles. The average molecular weight is 245 g/mol. The van der Waals surface area contributed by atoms with E-state index in [4.69, 9.17) is 5.73 Å². The number of anilines is 1. The fraction of sp³-hybridized carbons (Fsp3) is 0. The summed E-state index contributed by atoms with van der Waals surface area (Å²) >= 11 is 0. The van der Waals surface area contributed by atoms with Gasteiger partial charge in [-0.05, 0) is 45.2 Å². The maximum absolute atomic E-state index is 11.9. The van der Waals surface area contributed by atoms with Gasteiger partial charge in [0.05, 0.1) is 5.69 Å². The molecule has 1 aliphatic carbocycles. The van der Waals surface area contributed by atoms with Crippen molar-refractivity contribution < 1.29 is 0 Å². The Hall–Kier alpha value is -2.61. The van der Waals surface area contributed by atoms with Crippen molar-refractivity contribution in [3.8, 4) is 22.3 Å². The number of nitrogen functional groups attached to an aromatic ring is 1. The summed E-state index contributed by atoms with van der Waals surface area (Å²) in [5.41, 5.74) is 10.3. The predicted molar refractivity (Wildman–Crippen MR) is 79.1 cm³/mol. The van der Waals surface area contributed by atoms with Crippen LogP contribution >= 0.6 is 0 Å². The summed E-state index contributed by atoms with van der Waals surface area (Å²) in [7, 11) is 0. The van der Waals surface area contributed by atoms with Crippen LogP contribution in [0, 0.1) is 0 Å². The molecule has 2 N–H and O–H groups in total. The Morgan fingerprint density at radius 2 is 1.42 bits per heavy atom. The molecule has 3 aromatic carbocycles. The Morgan fingerprint density at radius 1 is 0.737 bits per heavy atom. The van der Waals surface area contributed by atoms with Crippen molar-refractivity contribution in [1.82, 2.24) is 0 Å². The lowest BCUT2D eigenvalue weighted by Crippen LogP contribution is -2.02. The lowest BCUT2D eigenvalue weighted by atomic mass is 10.0. The minimum atomic E-state index is -0.119. The van der Waals surface area contributed by atoms with E-state index in [1.807, 2.05) is 18.2 Å². The largest absolute Gasteiger partial charge is 0.396 e. The molecule has 3 aromatic rings. The van der Waals surface area contributed by atoms with Gasteiger partial charge in [0, 0.05) is 0 Å². The molecule has 0 unspecified atom stereocenters. The number of rotatable bonds is 0. The summed E-state index contributed by atoms with van der Waals surface area (Å²) in [6.07, 6.45) is 0. The highest BCUT2D eigenvalue weighted by Gasteiger charge is 2.20. The molecule has 0 heterocycles. The summed E-state index contributed by atoms with van der Waals surface area (Å²) in [6, 6.07) is 17.7. The van der Waals surface area contributed by atoms with Crippen LogP contribution in [-0.4, -0.2) is 0 Å². The van der Waals surface area contributed by atoms with Crippen molar-refractivity contribution in [2.45, 2.75) is 0 Å². The van der Waals surface area contributed by atoms with Crippen LogP contribution in [0.4, 0.5) is 5.69 Å². The van der Waals surface area contributed by atoms with Crippen molar-refractivity contribution >= 4 is 16.5 Å². The molecule has 0 amide bonds. The van der Waals surface area contributed by atoms with E-state index < -0.39 is 0 Å². The molecule has 2 nitrogen and oxygen atoms in total. The zero-order valence-corrected chi connectivity index (χ0v) is 10.2. The van der Waals surface area contributed by atoms with Crippen LogP contribution in [0.2, 0.25) is 0 Å². The summed E-state index contributed by atoms with van der Waals surface area (Å²) in [5, 5.41) is 2.43. The number of hydrogen-bond donors (Lipinski definition) is 1. The SMILES string of the molecule is Nc1ccc2c(cc1=O)-c1cccc3cccc-2c13. The zero-order valence-electron chi connectivity index (χ0n) is 10.2. The minimum absolute atomic E-state index is 0.119. The van der Waals surface area contributed by atoms with Crippen molar-refractivity contribution in [1.29, 1.82) is 0 Å². The smallest absolute Gasteiger partial charge is 0.202 e. The van der Waals surface area contributed by atoms with Crippen molar-refractivity contribution in [2.75, 3.05) is 5.73 Å². The molecule has 0 aromatic heterocycles. The van der Waals surface area contributed by atoms with Gasteiger partial charge in [-0.25, -0.2) is 0 Å². The fourth-order valence-corrected chi connectivity index (χ4v) is 2.88. The third-order valence-corrected chi connectivity index (χ3v) is 3.76. The van der Waals surface area contributed by atoms with Gasteiger partial charge in [0.15, 0.2) is 0 Å². The second-order valence-corrected chi connectivity index (χ2v) is 4.83. The second-order valence-electron chi connectivity index (χ2n) is 4.83. The molecular weight excluding hydrogens is 234 g/mol.